The van der Waals surface area contributed by atoms with Gasteiger partial charge in [0, 0.05) is 25.1 Å². The summed E-state index contributed by atoms with van der Waals surface area (Å²) in [7, 11) is -3.75. The van der Waals surface area contributed by atoms with Gasteiger partial charge in [-0.15, -0.1) is 0 Å². The number of hydrazine groups is 1. The number of rotatable bonds is 7. The van der Waals surface area contributed by atoms with E-state index < -0.39 is 15.9 Å². The molecule has 0 spiro atoms. The Hall–Kier alpha value is -1.97. The molecule has 144 valence electrons. The Labute approximate surface area is 153 Å². The van der Waals surface area contributed by atoms with Crippen LogP contribution in [0.2, 0.25) is 0 Å². The van der Waals surface area contributed by atoms with Crippen LogP contribution in [0.3, 0.4) is 0 Å². The minimum Gasteiger partial charge on any atom is -0.377 e. The van der Waals surface area contributed by atoms with Crippen molar-refractivity contribution in [2.45, 2.75) is 44.1 Å². The molecule has 3 N–H and O–H groups in total. The third-order valence-electron chi connectivity index (χ3n) is 3.84. The van der Waals surface area contributed by atoms with Crippen molar-refractivity contribution < 1.29 is 22.7 Å². The fourth-order valence-corrected chi connectivity index (χ4v) is 3.63. The molecule has 1 atom stereocenters. The molecule has 1 aromatic carbocycles. The molecule has 1 aliphatic heterocycles. The van der Waals surface area contributed by atoms with Crippen molar-refractivity contribution in [3.05, 3.63) is 29.8 Å². The van der Waals surface area contributed by atoms with Crippen LogP contribution in [0, 0.1) is 5.92 Å². The fourth-order valence-electron chi connectivity index (χ4n) is 2.52. The third kappa shape index (κ3) is 6.08. The van der Waals surface area contributed by atoms with Crippen LogP contribution in [0.1, 0.15) is 43.5 Å². The first-order valence-electron chi connectivity index (χ1n) is 8.58. The Kier molecular flexibility index (Phi) is 7.13. The van der Waals surface area contributed by atoms with Crippen LogP contribution < -0.4 is 15.6 Å². The lowest BCUT2D eigenvalue weighted by Gasteiger charge is -2.12. The van der Waals surface area contributed by atoms with E-state index in [1.54, 1.807) is 0 Å². The van der Waals surface area contributed by atoms with Gasteiger partial charge in [-0.1, -0.05) is 19.9 Å². The lowest BCUT2D eigenvalue weighted by molar-refractivity contribution is -0.122. The van der Waals surface area contributed by atoms with Crippen molar-refractivity contribution in [2.24, 2.45) is 5.92 Å². The summed E-state index contributed by atoms with van der Waals surface area (Å²) in [5.41, 5.74) is 4.73. The van der Waals surface area contributed by atoms with Gasteiger partial charge < -0.3 is 4.74 Å². The molecule has 1 heterocycles. The summed E-state index contributed by atoms with van der Waals surface area (Å²) in [5, 5.41) is 0. The van der Waals surface area contributed by atoms with Crippen LogP contribution in [0.25, 0.3) is 0 Å². The third-order valence-corrected chi connectivity index (χ3v) is 5.26. The number of benzene rings is 1. The van der Waals surface area contributed by atoms with Crippen molar-refractivity contribution in [1.29, 1.82) is 0 Å². The Morgan fingerprint density at radius 3 is 2.69 bits per heavy atom. The molecule has 0 bridgehead atoms. The number of ether oxygens (including phenoxy) is 1. The van der Waals surface area contributed by atoms with Crippen LogP contribution >= 0.6 is 0 Å². The Morgan fingerprint density at radius 1 is 1.27 bits per heavy atom. The Bertz CT molecular complexity index is 743. The van der Waals surface area contributed by atoms with E-state index in [1.807, 2.05) is 13.8 Å². The summed E-state index contributed by atoms with van der Waals surface area (Å²) in [6.45, 7) is 4.62. The molecule has 2 rings (SSSR count). The Morgan fingerprint density at radius 2 is 2.04 bits per heavy atom. The molecule has 26 heavy (non-hydrogen) atoms. The predicted octanol–water partition coefficient (Wildman–Crippen LogP) is 0.951. The lowest BCUT2D eigenvalue weighted by Crippen LogP contribution is -2.42. The first-order chi connectivity index (χ1) is 12.3. The maximum atomic E-state index is 12.4. The molecule has 1 aliphatic rings. The van der Waals surface area contributed by atoms with E-state index in [4.69, 9.17) is 4.74 Å². The molecule has 0 unspecified atom stereocenters. The maximum Gasteiger partial charge on any atom is 0.269 e. The number of nitrogens with one attached hydrogen (secondary N) is 3. The summed E-state index contributed by atoms with van der Waals surface area (Å²) in [5.74, 6) is -0.732. The highest BCUT2D eigenvalue weighted by Gasteiger charge is 2.21. The van der Waals surface area contributed by atoms with Crippen LogP contribution in [0.5, 0.6) is 0 Å². The molecule has 0 aromatic heterocycles. The normalized spacial score (nSPS) is 17.3. The van der Waals surface area contributed by atoms with E-state index in [2.05, 4.69) is 15.6 Å². The molecular weight excluding hydrogens is 358 g/mol. The second kappa shape index (κ2) is 9.11. The highest BCUT2D eigenvalue weighted by molar-refractivity contribution is 7.89. The van der Waals surface area contributed by atoms with E-state index in [-0.39, 0.29) is 41.4 Å². The highest BCUT2D eigenvalue weighted by atomic mass is 32.2. The van der Waals surface area contributed by atoms with E-state index >= 15 is 0 Å². The molecule has 9 heteroatoms. The summed E-state index contributed by atoms with van der Waals surface area (Å²) in [6, 6.07) is 5.63. The van der Waals surface area contributed by atoms with Gasteiger partial charge in [-0.3, -0.25) is 20.4 Å². The maximum absolute atomic E-state index is 12.4. The van der Waals surface area contributed by atoms with Crippen molar-refractivity contribution in [2.75, 3.05) is 13.2 Å². The number of sulfonamides is 1. The molecule has 1 aromatic rings. The molecule has 1 saturated heterocycles. The van der Waals surface area contributed by atoms with Crippen molar-refractivity contribution in [3.8, 4) is 0 Å². The van der Waals surface area contributed by atoms with E-state index in [9.17, 15) is 18.0 Å². The summed E-state index contributed by atoms with van der Waals surface area (Å²) < 4.78 is 32.7. The van der Waals surface area contributed by atoms with Crippen LogP contribution in [-0.2, 0) is 19.6 Å². The molecule has 1 fully saturated rings. The lowest BCUT2D eigenvalue weighted by atomic mass is 10.1. The topological polar surface area (TPSA) is 114 Å². The standard InChI is InChI=1S/C17H25N3O5S/c1-12(2)9-16(21)19-20-17(22)13-5-3-7-15(10-13)26(23,24)18-11-14-6-4-8-25-14/h3,5,7,10,12,14,18H,4,6,8-9,11H2,1-2H3,(H,19,21)(H,20,22)/t14-/m1/s1. The van der Waals surface area contributed by atoms with Gasteiger partial charge in [0.25, 0.3) is 5.91 Å². The molecule has 0 aliphatic carbocycles. The molecule has 0 saturated carbocycles. The summed E-state index contributed by atoms with van der Waals surface area (Å²) in [4.78, 5) is 23.7. The molecular formula is C17H25N3O5S. The van der Waals surface area contributed by atoms with Crippen molar-refractivity contribution in [1.82, 2.24) is 15.6 Å². The first-order valence-corrected chi connectivity index (χ1v) is 10.1. The van der Waals surface area contributed by atoms with Crippen LogP contribution in [0.4, 0.5) is 0 Å². The van der Waals surface area contributed by atoms with Crippen molar-refractivity contribution in [3.63, 3.8) is 0 Å². The highest BCUT2D eigenvalue weighted by Crippen LogP contribution is 2.14. The zero-order valence-corrected chi connectivity index (χ0v) is 15.8. The number of hydrogen-bond acceptors (Lipinski definition) is 5. The number of amides is 2. The summed E-state index contributed by atoms with van der Waals surface area (Å²) in [6.07, 6.45) is 1.90. The van der Waals surface area contributed by atoms with E-state index in [1.165, 1.54) is 24.3 Å². The largest absolute Gasteiger partial charge is 0.377 e. The van der Waals surface area contributed by atoms with Gasteiger partial charge in [-0.2, -0.15) is 0 Å². The number of hydrogen-bond donors (Lipinski definition) is 3. The Balaban J connectivity index is 1.97. The molecule has 2 amide bonds. The van der Waals surface area contributed by atoms with E-state index in [0.717, 1.165) is 12.8 Å². The van der Waals surface area contributed by atoms with Crippen LogP contribution in [-0.4, -0.2) is 39.5 Å². The average Bonchev–Trinajstić information content (AvgIpc) is 3.11. The number of carbonyl (C=O) groups is 2. The number of carbonyl (C=O) groups excluding carboxylic acids is 2. The van der Waals surface area contributed by atoms with Crippen molar-refractivity contribution >= 4 is 21.8 Å². The summed E-state index contributed by atoms with van der Waals surface area (Å²) >= 11 is 0. The predicted molar refractivity (Wildman–Crippen MR) is 95.7 cm³/mol. The van der Waals surface area contributed by atoms with Gasteiger partial charge in [0.15, 0.2) is 0 Å². The fraction of sp³-hybridized carbons (Fsp3) is 0.529. The minimum atomic E-state index is -3.75. The van der Waals surface area contributed by atoms with Crippen LogP contribution in [0.15, 0.2) is 29.2 Å². The minimum absolute atomic E-state index is 0.0170. The smallest absolute Gasteiger partial charge is 0.269 e. The molecule has 0 radical (unpaired) electrons. The van der Waals surface area contributed by atoms with Gasteiger partial charge in [0.1, 0.15) is 0 Å². The van der Waals surface area contributed by atoms with Gasteiger partial charge in [-0.05, 0) is 37.0 Å². The van der Waals surface area contributed by atoms with E-state index in [0.29, 0.717) is 6.61 Å². The van der Waals surface area contributed by atoms with Gasteiger partial charge in [0.2, 0.25) is 15.9 Å². The SMILES string of the molecule is CC(C)CC(=O)NNC(=O)c1cccc(S(=O)(=O)NC[C@H]2CCCO2)c1. The van der Waals surface area contributed by atoms with Gasteiger partial charge in [0.05, 0.1) is 11.0 Å². The van der Waals surface area contributed by atoms with Gasteiger partial charge in [-0.25, -0.2) is 13.1 Å². The first kappa shape index (κ1) is 20.3. The average molecular weight is 383 g/mol. The monoisotopic (exact) mass is 383 g/mol. The zero-order chi connectivity index (χ0) is 19.2. The quantitative estimate of drug-likeness (QED) is 0.607. The zero-order valence-electron chi connectivity index (χ0n) is 14.9. The second-order valence-corrected chi connectivity index (χ2v) is 8.38. The van der Waals surface area contributed by atoms with Gasteiger partial charge >= 0.3 is 0 Å². The molecule has 8 nitrogen and oxygen atoms in total. The second-order valence-electron chi connectivity index (χ2n) is 6.62.